The maximum atomic E-state index is 12.9. The maximum absolute atomic E-state index is 12.9. The van der Waals surface area contributed by atoms with Crippen LogP contribution < -0.4 is 10.6 Å². The normalized spacial score (nSPS) is 11.0. The topological polar surface area (TPSA) is 88.9 Å². The summed E-state index contributed by atoms with van der Waals surface area (Å²) < 4.78 is 2.76. The largest absolute Gasteiger partial charge is 0.325 e. The molecule has 0 saturated carbocycles. The van der Waals surface area contributed by atoms with Crippen LogP contribution in [0.25, 0.3) is 27.2 Å². The van der Waals surface area contributed by atoms with E-state index in [1.165, 1.54) is 34.2 Å². The number of amides is 2. The maximum Gasteiger partial charge on any atom is 0.235 e. The molecule has 0 bridgehead atoms. The van der Waals surface area contributed by atoms with E-state index >= 15 is 0 Å². The molecule has 2 heterocycles. The average Bonchev–Trinajstić information content (AvgIpc) is 3.53. The first-order valence-corrected chi connectivity index (χ1v) is 14.2. The Kier molecular flexibility index (Phi) is 7.57. The van der Waals surface area contributed by atoms with E-state index in [0.717, 1.165) is 38.4 Å². The number of benzene rings is 3. The molecular weight excluding hydrogens is 514 g/mol. The van der Waals surface area contributed by atoms with Crippen LogP contribution in [0.3, 0.4) is 0 Å². The Morgan fingerprint density at radius 1 is 0.868 bits per heavy atom. The van der Waals surface area contributed by atoms with Crippen molar-refractivity contribution < 1.29 is 9.59 Å². The van der Waals surface area contributed by atoms with Crippen molar-refractivity contribution in [3.8, 4) is 16.9 Å². The molecule has 0 unspecified atom stereocenters. The molecule has 192 valence electrons. The van der Waals surface area contributed by atoms with Crippen molar-refractivity contribution in [3.63, 3.8) is 0 Å². The fraction of sp³-hybridized carbons (Fsp3) is 0.172. The molecule has 0 fully saturated rings. The van der Waals surface area contributed by atoms with Crippen molar-refractivity contribution in [1.82, 2.24) is 14.8 Å². The van der Waals surface area contributed by atoms with Crippen molar-refractivity contribution in [2.75, 3.05) is 22.1 Å². The number of anilines is 2. The van der Waals surface area contributed by atoms with Crippen molar-refractivity contribution in [2.24, 2.45) is 0 Å². The third kappa shape index (κ3) is 5.79. The van der Waals surface area contributed by atoms with Crippen molar-refractivity contribution in [3.05, 3.63) is 88.9 Å². The van der Waals surface area contributed by atoms with Crippen LogP contribution >= 0.6 is 23.1 Å². The highest BCUT2D eigenvalue weighted by Gasteiger charge is 2.16. The zero-order valence-corrected chi connectivity index (χ0v) is 23.0. The quantitative estimate of drug-likeness (QED) is 0.238. The Bertz CT molecular complexity index is 1630. The molecule has 2 N–H and O–H groups in total. The fourth-order valence-electron chi connectivity index (χ4n) is 4.15. The Labute approximate surface area is 229 Å². The monoisotopic (exact) mass is 541 g/mol. The van der Waals surface area contributed by atoms with Gasteiger partial charge in [-0.3, -0.25) is 9.59 Å². The molecule has 2 aromatic heterocycles. The summed E-state index contributed by atoms with van der Waals surface area (Å²) >= 11 is 2.79. The summed E-state index contributed by atoms with van der Waals surface area (Å²) in [4.78, 5) is 29.5. The number of aromatic nitrogens is 3. The number of thiazole rings is 1. The number of hydrogen-bond acceptors (Lipinski definition) is 6. The smallest absolute Gasteiger partial charge is 0.235 e. The highest BCUT2D eigenvalue weighted by atomic mass is 32.2. The van der Waals surface area contributed by atoms with E-state index in [-0.39, 0.29) is 23.3 Å². The predicted molar refractivity (Wildman–Crippen MR) is 157 cm³/mol. The SMILES string of the molecule is Cc1cc(C)c(-c2cc(NC(=O)CSCC(=O)Nc3ccc4ncsc4c3)n(-c3ccccc3)n2)cc1C. The number of thioether (sulfide) groups is 1. The van der Waals surface area contributed by atoms with Crippen molar-refractivity contribution in [1.29, 1.82) is 0 Å². The first-order chi connectivity index (χ1) is 18.4. The van der Waals surface area contributed by atoms with Gasteiger partial charge >= 0.3 is 0 Å². The summed E-state index contributed by atoms with van der Waals surface area (Å²) in [5.74, 6) is 0.526. The van der Waals surface area contributed by atoms with Crippen LogP contribution in [-0.2, 0) is 9.59 Å². The minimum absolute atomic E-state index is 0.138. The summed E-state index contributed by atoms with van der Waals surface area (Å²) in [6.07, 6.45) is 0. The lowest BCUT2D eigenvalue weighted by atomic mass is 9.99. The van der Waals surface area contributed by atoms with Gasteiger partial charge in [0.2, 0.25) is 11.8 Å². The van der Waals surface area contributed by atoms with Crippen LogP contribution in [0.2, 0.25) is 0 Å². The Balaban J connectivity index is 1.26. The molecule has 0 radical (unpaired) electrons. The van der Waals surface area contributed by atoms with E-state index in [1.54, 1.807) is 10.2 Å². The summed E-state index contributed by atoms with van der Waals surface area (Å²) in [7, 11) is 0. The molecule has 0 aliphatic rings. The molecule has 3 aromatic carbocycles. The molecule has 0 aliphatic heterocycles. The third-order valence-corrected chi connectivity index (χ3v) is 7.90. The molecule has 0 spiro atoms. The van der Waals surface area contributed by atoms with Gasteiger partial charge in [-0.25, -0.2) is 9.67 Å². The molecule has 0 aliphatic carbocycles. The number of para-hydroxylation sites is 1. The second kappa shape index (κ2) is 11.2. The van der Waals surface area contributed by atoms with Gasteiger partial charge in [0.1, 0.15) is 5.82 Å². The lowest BCUT2D eigenvalue weighted by molar-refractivity contribution is -0.114. The van der Waals surface area contributed by atoms with Gasteiger partial charge < -0.3 is 10.6 Å². The lowest BCUT2D eigenvalue weighted by Crippen LogP contribution is -2.19. The van der Waals surface area contributed by atoms with Crippen LogP contribution in [0.5, 0.6) is 0 Å². The lowest BCUT2D eigenvalue weighted by Gasteiger charge is -2.09. The zero-order chi connectivity index (χ0) is 26.6. The van der Waals surface area contributed by atoms with Gasteiger partial charge in [0, 0.05) is 17.3 Å². The first-order valence-electron chi connectivity index (χ1n) is 12.1. The van der Waals surface area contributed by atoms with Crippen molar-refractivity contribution in [2.45, 2.75) is 20.8 Å². The van der Waals surface area contributed by atoms with E-state index in [4.69, 9.17) is 5.10 Å². The van der Waals surface area contributed by atoms with E-state index in [2.05, 4.69) is 48.5 Å². The van der Waals surface area contributed by atoms with Crippen LogP contribution in [-0.4, -0.2) is 38.1 Å². The minimum Gasteiger partial charge on any atom is -0.325 e. The van der Waals surface area contributed by atoms with Gasteiger partial charge in [0.05, 0.1) is 38.6 Å². The van der Waals surface area contributed by atoms with Gasteiger partial charge in [-0.2, -0.15) is 5.10 Å². The summed E-state index contributed by atoms with van der Waals surface area (Å²) in [5, 5.41) is 10.7. The Morgan fingerprint density at radius 3 is 2.39 bits per heavy atom. The summed E-state index contributed by atoms with van der Waals surface area (Å²) in [6, 6.07) is 21.5. The number of carbonyl (C=O) groups excluding carboxylic acids is 2. The van der Waals surface area contributed by atoms with Gasteiger partial charge in [-0.05, 0) is 73.9 Å². The van der Waals surface area contributed by atoms with Crippen LogP contribution in [0.1, 0.15) is 16.7 Å². The van der Waals surface area contributed by atoms with E-state index in [9.17, 15) is 9.59 Å². The number of aryl methyl sites for hydroxylation is 3. The number of carbonyl (C=O) groups is 2. The number of hydrogen-bond donors (Lipinski definition) is 2. The third-order valence-electron chi connectivity index (χ3n) is 6.18. The van der Waals surface area contributed by atoms with Crippen LogP contribution in [0.15, 0.2) is 72.2 Å². The summed E-state index contributed by atoms with van der Waals surface area (Å²) in [5.41, 5.74) is 9.61. The molecule has 7 nitrogen and oxygen atoms in total. The van der Waals surface area contributed by atoms with E-state index < -0.39 is 0 Å². The molecule has 5 rings (SSSR count). The van der Waals surface area contributed by atoms with Gasteiger partial charge in [0.25, 0.3) is 0 Å². The van der Waals surface area contributed by atoms with E-state index in [0.29, 0.717) is 5.82 Å². The highest BCUT2D eigenvalue weighted by Crippen LogP contribution is 2.29. The minimum atomic E-state index is -0.200. The second-order valence-corrected chi connectivity index (χ2v) is 10.9. The van der Waals surface area contributed by atoms with Crippen LogP contribution in [0, 0.1) is 20.8 Å². The summed E-state index contributed by atoms with van der Waals surface area (Å²) in [6.45, 7) is 6.25. The van der Waals surface area contributed by atoms with E-state index in [1.807, 2.05) is 54.6 Å². The molecule has 0 atom stereocenters. The number of fused-ring (bicyclic) bond motifs is 1. The van der Waals surface area contributed by atoms with Gasteiger partial charge in [-0.1, -0.05) is 24.3 Å². The predicted octanol–water partition coefficient (Wildman–Crippen LogP) is 6.38. The number of nitrogens with zero attached hydrogens (tertiary/aromatic N) is 3. The van der Waals surface area contributed by atoms with Gasteiger partial charge in [0.15, 0.2) is 0 Å². The molecule has 38 heavy (non-hydrogen) atoms. The standard InChI is InChI=1S/C29H27N5O2S2/c1-18-11-20(3)23(12-19(18)2)25-14-27(34(33-25)22-7-5-4-6-8-22)32-29(36)16-37-15-28(35)31-21-9-10-24-26(13-21)38-17-30-24/h4-14,17H,15-16H2,1-3H3,(H,31,35)(H,32,36). The number of nitrogens with one attached hydrogen (secondary N) is 2. The zero-order valence-electron chi connectivity index (χ0n) is 21.3. The molecule has 0 saturated heterocycles. The molecule has 9 heteroatoms. The fourth-order valence-corrected chi connectivity index (χ4v) is 5.48. The molecular formula is C29H27N5O2S2. The van der Waals surface area contributed by atoms with Crippen molar-refractivity contribution >= 4 is 56.6 Å². The number of rotatable bonds is 8. The molecule has 5 aromatic rings. The molecule has 2 amide bonds. The Hall–Kier alpha value is -3.95. The second-order valence-electron chi connectivity index (χ2n) is 9.04. The average molecular weight is 542 g/mol. The van der Waals surface area contributed by atoms with Gasteiger partial charge in [-0.15, -0.1) is 23.1 Å². The van der Waals surface area contributed by atoms with Crippen LogP contribution in [0.4, 0.5) is 11.5 Å². The highest BCUT2D eigenvalue weighted by molar-refractivity contribution is 8.00. The first kappa shape index (κ1) is 25.7. The Morgan fingerprint density at radius 2 is 1.61 bits per heavy atom.